The summed E-state index contributed by atoms with van der Waals surface area (Å²) in [6.45, 7) is -0.756. The van der Waals surface area contributed by atoms with Crippen molar-refractivity contribution in [3.63, 3.8) is 0 Å². The first-order valence-corrected chi connectivity index (χ1v) is 10.0. The third-order valence-electron chi connectivity index (χ3n) is 5.16. The van der Waals surface area contributed by atoms with Crippen molar-refractivity contribution >= 4 is 34.6 Å². The number of anilines is 1. The molecule has 3 heterocycles. The average molecular weight is 467 g/mol. The first kappa shape index (κ1) is 21.9. The quantitative estimate of drug-likeness (QED) is 0.614. The molecule has 1 aliphatic heterocycles. The highest BCUT2D eigenvalue weighted by Gasteiger charge is 2.31. The van der Waals surface area contributed by atoms with Crippen LogP contribution in [0.4, 0.5) is 23.9 Å². The van der Waals surface area contributed by atoms with E-state index < -0.39 is 24.3 Å². The summed E-state index contributed by atoms with van der Waals surface area (Å²) < 4.78 is 40.5. The number of nitrogens with one attached hydrogen (secondary N) is 1. The van der Waals surface area contributed by atoms with Crippen LogP contribution in [0.1, 0.15) is 6.42 Å². The van der Waals surface area contributed by atoms with E-state index in [1.807, 2.05) is 0 Å². The Morgan fingerprint density at radius 1 is 1.28 bits per heavy atom. The molecular weight excluding hydrogens is 449 g/mol. The molecule has 0 bridgehead atoms. The van der Waals surface area contributed by atoms with E-state index in [1.54, 1.807) is 24.3 Å². The van der Waals surface area contributed by atoms with E-state index in [9.17, 15) is 22.8 Å². The second kappa shape index (κ2) is 8.30. The van der Waals surface area contributed by atoms with Crippen LogP contribution < -0.4 is 16.6 Å². The number of carbonyl (C=O) groups is 1. The molecule has 0 aliphatic carbocycles. The van der Waals surface area contributed by atoms with Crippen LogP contribution >= 0.6 is 11.6 Å². The molecule has 12 heteroatoms. The van der Waals surface area contributed by atoms with Crippen LogP contribution in [0.5, 0.6) is 0 Å². The number of halogens is 4. The van der Waals surface area contributed by atoms with Crippen molar-refractivity contribution in [2.45, 2.75) is 25.2 Å². The molecule has 1 fully saturated rings. The third-order valence-corrected chi connectivity index (χ3v) is 5.49. The van der Waals surface area contributed by atoms with E-state index in [2.05, 4.69) is 15.3 Å². The van der Waals surface area contributed by atoms with Gasteiger partial charge in [0.2, 0.25) is 5.95 Å². The molecule has 0 spiro atoms. The van der Waals surface area contributed by atoms with Crippen LogP contribution in [0, 0.1) is 0 Å². The number of nitrogens with zero attached hydrogens (tertiary/aromatic N) is 4. The minimum Gasteiger partial charge on any atom is -0.351 e. The Labute approximate surface area is 184 Å². The van der Waals surface area contributed by atoms with Gasteiger partial charge in [0.1, 0.15) is 12.2 Å². The second-order valence-electron chi connectivity index (χ2n) is 7.43. The molecule has 0 radical (unpaired) electrons. The van der Waals surface area contributed by atoms with E-state index in [0.717, 1.165) is 0 Å². The number of urea groups is 1. The maximum atomic E-state index is 13.3. The summed E-state index contributed by atoms with van der Waals surface area (Å²) >= 11 is 6.17. The second-order valence-corrected chi connectivity index (χ2v) is 7.84. The molecule has 0 saturated carbocycles. The lowest BCUT2D eigenvalue weighted by atomic mass is 10.1. The molecule has 3 N–H and O–H groups in total. The number of hydrogen-bond donors (Lipinski definition) is 2. The number of primary amides is 1. The predicted molar refractivity (Wildman–Crippen MR) is 113 cm³/mol. The highest BCUT2D eigenvalue weighted by atomic mass is 35.5. The fourth-order valence-electron chi connectivity index (χ4n) is 3.69. The van der Waals surface area contributed by atoms with Gasteiger partial charge in [0.25, 0.3) is 5.56 Å². The Morgan fingerprint density at radius 2 is 2.03 bits per heavy atom. The molecule has 1 saturated heterocycles. The van der Waals surface area contributed by atoms with Gasteiger partial charge in [-0.25, -0.2) is 9.78 Å². The monoisotopic (exact) mass is 466 g/mol. The topological polar surface area (TPSA) is 106 Å². The molecule has 4 rings (SSSR count). The Bertz CT molecular complexity index is 1250. The normalized spacial score (nSPS) is 16.5. The number of benzene rings is 1. The van der Waals surface area contributed by atoms with Gasteiger partial charge in [0.05, 0.1) is 0 Å². The molecule has 168 valence electrons. The van der Waals surface area contributed by atoms with Crippen LogP contribution in [0.3, 0.4) is 0 Å². The molecular formula is C20H18ClF3N6O2. The zero-order valence-electron chi connectivity index (χ0n) is 16.6. The molecule has 3 aromatic rings. The summed E-state index contributed by atoms with van der Waals surface area (Å²) in [6.07, 6.45) is -2.73. The molecule has 1 aromatic carbocycles. The zero-order valence-corrected chi connectivity index (χ0v) is 17.3. The van der Waals surface area contributed by atoms with Crippen molar-refractivity contribution in [2.24, 2.45) is 5.73 Å². The third kappa shape index (κ3) is 4.47. The lowest BCUT2D eigenvalue weighted by Crippen LogP contribution is -2.35. The van der Waals surface area contributed by atoms with Gasteiger partial charge in [-0.2, -0.15) is 18.2 Å². The standard InChI is InChI=1S/C20H18ClF3N6O2/c21-15-4-2-1-3-13(15)14-7-11-8-26-19(27-12-5-6-29(9-12)18(25)32)28-16(11)30(17(14)31)10-20(22,23)24/h1-4,7-8,12H,5-6,9-10H2,(H2,25,32)(H,26,27,28). The van der Waals surface area contributed by atoms with Crippen molar-refractivity contribution in [3.8, 4) is 11.1 Å². The molecule has 1 aliphatic rings. The summed E-state index contributed by atoms with van der Waals surface area (Å²) in [7, 11) is 0. The van der Waals surface area contributed by atoms with Crippen LogP contribution in [0.25, 0.3) is 22.2 Å². The van der Waals surface area contributed by atoms with Crippen LogP contribution in [-0.4, -0.2) is 50.8 Å². The van der Waals surface area contributed by atoms with Gasteiger partial charge < -0.3 is 16.0 Å². The first-order chi connectivity index (χ1) is 15.1. The first-order valence-electron chi connectivity index (χ1n) is 9.65. The van der Waals surface area contributed by atoms with Crippen LogP contribution in [0.15, 0.2) is 41.3 Å². The Kier molecular flexibility index (Phi) is 5.68. The summed E-state index contributed by atoms with van der Waals surface area (Å²) in [5, 5.41) is 3.48. The van der Waals surface area contributed by atoms with Gasteiger partial charge in [-0.05, 0) is 18.6 Å². The number of fused-ring (bicyclic) bond motifs is 1. The molecule has 32 heavy (non-hydrogen) atoms. The SMILES string of the molecule is NC(=O)N1CCC(Nc2ncc3cc(-c4ccccc4Cl)c(=O)n(CC(F)(F)F)c3n2)C1. The van der Waals surface area contributed by atoms with Crippen molar-refractivity contribution in [3.05, 3.63) is 51.9 Å². The zero-order chi connectivity index (χ0) is 23.0. The van der Waals surface area contributed by atoms with Gasteiger partial charge in [-0.1, -0.05) is 29.8 Å². The molecule has 8 nitrogen and oxygen atoms in total. The van der Waals surface area contributed by atoms with Gasteiger partial charge in [-0.3, -0.25) is 9.36 Å². The lowest BCUT2D eigenvalue weighted by Gasteiger charge is -2.17. The fourth-order valence-corrected chi connectivity index (χ4v) is 3.93. The fraction of sp³-hybridized carbons (Fsp3) is 0.300. The molecule has 1 unspecified atom stereocenters. The Balaban J connectivity index is 1.79. The highest BCUT2D eigenvalue weighted by Crippen LogP contribution is 2.28. The average Bonchev–Trinajstić information content (AvgIpc) is 3.19. The Morgan fingerprint density at radius 3 is 2.69 bits per heavy atom. The smallest absolute Gasteiger partial charge is 0.351 e. The number of alkyl halides is 3. The predicted octanol–water partition coefficient (Wildman–Crippen LogP) is 3.24. The maximum absolute atomic E-state index is 13.3. The lowest BCUT2D eigenvalue weighted by molar-refractivity contribution is -0.140. The number of carbonyl (C=O) groups excluding carboxylic acids is 1. The molecule has 2 aromatic heterocycles. The van der Waals surface area contributed by atoms with Crippen molar-refractivity contribution < 1.29 is 18.0 Å². The number of aromatic nitrogens is 3. The largest absolute Gasteiger partial charge is 0.406 e. The van der Waals surface area contributed by atoms with Gasteiger partial charge in [-0.15, -0.1) is 0 Å². The van der Waals surface area contributed by atoms with Crippen LogP contribution in [-0.2, 0) is 6.54 Å². The number of nitrogens with two attached hydrogens (primary N) is 1. The Hall–Kier alpha value is -3.34. The summed E-state index contributed by atoms with van der Waals surface area (Å²) in [5.41, 5.74) is 4.58. The summed E-state index contributed by atoms with van der Waals surface area (Å²) in [5.74, 6) is 0.0506. The number of likely N-dealkylation sites (tertiary alicyclic amines) is 1. The van der Waals surface area contributed by atoms with Crippen molar-refractivity contribution in [2.75, 3.05) is 18.4 Å². The highest BCUT2D eigenvalue weighted by molar-refractivity contribution is 6.33. The van der Waals surface area contributed by atoms with E-state index in [4.69, 9.17) is 17.3 Å². The maximum Gasteiger partial charge on any atom is 0.406 e. The van der Waals surface area contributed by atoms with Gasteiger partial charge in [0.15, 0.2) is 0 Å². The number of hydrogen-bond acceptors (Lipinski definition) is 5. The number of pyridine rings is 1. The molecule has 2 amide bonds. The van der Waals surface area contributed by atoms with Gasteiger partial charge in [0, 0.05) is 46.9 Å². The van der Waals surface area contributed by atoms with E-state index >= 15 is 0 Å². The summed E-state index contributed by atoms with van der Waals surface area (Å²) in [6, 6.07) is 7.06. The number of rotatable bonds is 4. The molecule has 1 atom stereocenters. The van der Waals surface area contributed by atoms with E-state index in [0.29, 0.717) is 29.6 Å². The minimum absolute atomic E-state index is 0.0181. The minimum atomic E-state index is -4.65. The van der Waals surface area contributed by atoms with Crippen molar-refractivity contribution in [1.82, 2.24) is 19.4 Å². The van der Waals surface area contributed by atoms with Crippen molar-refractivity contribution in [1.29, 1.82) is 0 Å². The summed E-state index contributed by atoms with van der Waals surface area (Å²) in [4.78, 5) is 34.2. The number of amides is 2. The van der Waals surface area contributed by atoms with Gasteiger partial charge >= 0.3 is 12.2 Å². The van der Waals surface area contributed by atoms with E-state index in [1.165, 1.54) is 17.2 Å². The van der Waals surface area contributed by atoms with Crippen LogP contribution in [0.2, 0.25) is 5.02 Å². The van der Waals surface area contributed by atoms with E-state index in [-0.39, 0.29) is 33.6 Å².